The molecule has 0 spiro atoms. The molecule has 3 nitrogen and oxygen atoms in total. The highest BCUT2D eigenvalue weighted by Crippen LogP contribution is 2.25. The Hall–Kier alpha value is -3.46. The number of para-hydroxylation sites is 2. The van der Waals surface area contributed by atoms with Crippen LogP contribution in [0.25, 0.3) is 10.9 Å². The van der Waals surface area contributed by atoms with Crippen molar-refractivity contribution in [1.29, 1.82) is 0 Å². The second kappa shape index (κ2) is 7.65. The number of rotatable bonds is 4. The number of amides is 1. The predicted molar refractivity (Wildman–Crippen MR) is 115 cm³/mol. The number of nitrogens with zero attached hydrogens (tertiary/aromatic N) is 1. The van der Waals surface area contributed by atoms with Crippen LogP contribution >= 0.6 is 0 Å². The zero-order chi connectivity index (χ0) is 19.5. The van der Waals surface area contributed by atoms with Crippen LogP contribution in [0, 0.1) is 13.8 Å². The lowest BCUT2D eigenvalue weighted by Gasteiger charge is -2.15. The van der Waals surface area contributed by atoms with Gasteiger partial charge in [0.2, 0.25) is 0 Å². The predicted octanol–water partition coefficient (Wildman–Crippen LogP) is 5.69. The molecule has 0 saturated carbocycles. The van der Waals surface area contributed by atoms with Crippen molar-refractivity contribution < 1.29 is 4.79 Å². The third kappa shape index (κ3) is 3.52. The monoisotopic (exact) mass is 366 g/mol. The number of aryl methyl sites for hydroxylation is 1. The summed E-state index contributed by atoms with van der Waals surface area (Å²) < 4.78 is 0. The van der Waals surface area contributed by atoms with Gasteiger partial charge in [-0.3, -0.25) is 9.78 Å². The molecular weight excluding hydrogens is 344 g/mol. The van der Waals surface area contributed by atoms with Crippen LogP contribution in [0.2, 0.25) is 0 Å². The van der Waals surface area contributed by atoms with Crippen LogP contribution in [0.5, 0.6) is 0 Å². The summed E-state index contributed by atoms with van der Waals surface area (Å²) in [6.45, 7) is 3.90. The average molecular weight is 366 g/mol. The Labute approximate surface area is 165 Å². The van der Waals surface area contributed by atoms with E-state index in [0.29, 0.717) is 5.56 Å². The normalized spacial score (nSPS) is 10.8. The first-order valence-corrected chi connectivity index (χ1v) is 9.42. The zero-order valence-electron chi connectivity index (χ0n) is 16.1. The maximum absolute atomic E-state index is 13.3. The van der Waals surface area contributed by atoms with Gasteiger partial charge >= 0.3 is 0 Å². The lowest BCUT2D eigenvalue weighted by atomic mass is 10.00. The van der Waals surface area contributed by atoms with Gasteiger partial charge < -0.3 is 5.32 Å². The van der Waals surface area contributed by atoms with E-state index in [-0.39, 0.29) is 5.91 Å². The van der Waals surface area contributed by atoms with Gasteiger partial charge in [-0.15, -0.1) is 0 Å². The summed E-state index contributed by atoms with van der Waals surface area (Å²) in [5.74, 6) is -0.0975. The van der Waals surface area contributed by atoms with Gasteiger partial charge in [0.05, 0.1) is 11.1 Å². The van der Waals surface area contributed by atoms with Crippen molar-refractivity contribution in [2.24, 2.45) is 0 Å². The van der Waals surface area contributed by atoms with Crippen molar-refractivity contribution in [3.63, 3.8) is 0 Å². The molecule has 0 fully saturated rings. The number of carbonyl (C=O) groups excluding carboxylic acids is 1. The van der Waals surface area contributed by atoms with Crippen molar-refractivity contribution in [2.75, 3.05) is 5.32 Å². The second-order valence-electron chi connectivity index (χ2n) is 6.99. The van der Waals surface area contributed by atoms with E-state index in [1.807, 2.05) is 74.5 Å². The number of nitrogens with one attached hydrogen (secondary N) is 1. The molecule has 4 rings (SSSR count). The number of carbonyl (C=O) groups is 1. The Bertz CT molecular complexity index is 1150. The average Bonchev–Trinajstić information content (AvgIpc) is 2.71. The smallest absolute Gasteiger partial charge is 0.256 e. The first kappa shape index (κ1) is 17.9. The largest absolute Gasteiger partial charge is 0.322 e. The summed E-state index contributed by atoms with van der Waals surface area (Å²) in [5.41, 5.74) is 6.47. The third-order valence-corrected chi connectivity index (χ3v) is 5.11. The minimum Gasteiger partial charge on any atom is -0.322 e. The first-order chi connectivity index (χ1) is 13.6. The lowest BCUT2D eigenvalue weighted by molar-refractivity contribution is 0.102. The molecule has 1 N–H and O–H groups in total. The van der Waals surface area contributed by atoms with Gasteiger partial charge in [-0.05, 0) is 49.1 Å². The lowest BCUT2D eigenvalue weighted by Crippen LogP contribution is -2.16. The highest BCUT2D eigenvalue weighted by Gasteiger charge is 2.17. The summed E-state index contributed by atoms with van der Waals surface area (Å²) in [6, 6.07) is 26.0. The van der Waals surface area contributed by atoms with Gasteiger partial charge in [-0.25, -0.2) is 0 Å². The van der Waals surface area contributed by atoms with E-state index < -0.39 is 0 Å². The molecule has 0 aliphatic carbocycles. The minimum absolute atomic E-state index is 0.0975. The highest BCUT2D eigenvalue weighted by molar-refractivity contribution is 6.13. The highest BCUT2D eigenvalue weighted by atomic mass is 16.1. The molecule has 0 aliphatic heterocycles. The minimum atomic E-state index is -0.0975. The van der Waals surface area contributed by atoms with Crippen molar-refractivity contribution in [2.45, 2.75) is 20.3 Å². The Kier molecular flexibility index (Phi) is 4.90. The molecule has 3 heteroatoms. The van der Waals surface area contributed by atoms with Crippen molar-refractivity contribution in [1.82, 2.24) is 4.98 Å². The molecule has 1 amide bonds. The van der Waals surface area contributed by atoms with E-state index in [2.05, 4.69) is 28.5 Å². The number of pyridine rings is 1. The molecule has 3 aromatic carbocycles. The zero-order valence-corrected chi connectivity index (χ0v) is 16.1. The van der Waals surface area contributed by atoms with Crippen LogP contribution in [0.1, 0.15) is 32.7 Å². The van der Waals surface area contributed by atoms with Gasteiger partial charge in [-0.2, -0.15) is 0 Å². The van der Waals surface area contributed by atoms with Gasteiger partial charge in [-0.1, -0.05) is 66.7 Å². The molecular formula is C25H22N2O. The summed E-state index contributed by atoms with van der Waals surface area (Å²) in [6.07, 6.45) is 0.770. The number of benzene rings is 3. The van der Waals surface area contributed by atoms with E-state index in [4.69, 9.17) is 0 Å². The SMILES string of the molecule is Cc1nc2ccccc2c(C(=O)Nc2ccccc2Cc2ccccc2)c1C. The fourth-order valence-corrected chi connectivity index (χ4v) is 3.52. The maximum Gasteiger partial charge on any atom is 0.256 e. The maximum atomic E-state index is 13.3. The topological polar surface area (TPSA) is 42.0 Å². The van der Waals surface area contributed by atoms with Crippen molar-refractivity contribution >= 4 is 22.5 Å². The van der Waals surface area contributed by atoms with E-state index >= 15 is 0 Å². The molecule has 1 aromatic heterocycles. The molecule has 0 radical (unpaired) electrons. The van der Waals surface area contributed by atoms with Gasteiger partial charge in [0.25, 0.3) is 5.91 Å². The fraction of sp³-hybridized carbons (Fsp3) is 0.120. The first-order valence-electron chi connectivity index (χ1n) is 9.42. The molecule has 0 saturated heterocycles. The molecule has 0 bridgehead atoms. The van der Waals surface area contributed by atoms with Crippen LogP contribution < -0.4 is 5.32 Å². The van der Waals surface area contributed by atoms with Crippen LogP contribution in [-0.4, -0.2) is 10.9 Å². The summed E-state index contributed by atoms with van der Waals surface area (Å²) >= 11 is 0. The van der Waals surface area contributed by atoms with Gasteiger partial charge in [0.15, 0.2) is 0 Å². The van der Waals surface area contributed by atoms with Crippen LogP contribution in [0.4, 0.5) is 5.69 Å². The standard InChI is InChI=1S/C25H22N2O/c1-17-18(2)26-23-15-9-7-13-21(23)24(17)25(28)27-22-14-8-6-12-20(22)16-19-10-4-3-5-11-19/h3-15H,16H2,1-2H3,(H,27,28). The molecule has 0 aliphatic rings. The summed E-state index contributed by atoms with van der Waals surface area (Å²) in [4.78, 5) is 17.9. The quantitative estimate of drug-likeness (QED) is 0.504. The Morgan fingerprint density at radius 1 is 0.857 bits per heavy atom. The van der Waals surface area contributed by atoms with Crippen molar-refractivity contribution in [3.8, 4) is 0 Å². The van der Waals surface area contributed by atoms with Crippen LogP contribution in [-0.2, 0) is 6.42 Å². The van der Waals surface area contributed by atoms with E-state index in [0.717, 1.165) is 39.8 Å². The fourth-order valence-electron chi connectivity index (χ4n) is 3.52. The number of hydrogen-bond donors (Lipinski definition) is 1. The van der Waals surface area contributed by atoms with E-state index in [1.165, 1.54) is 5.56 Å². The summed E-state index contributed by atoms with van der Waals surface area (Å²) in [7, 11) is 0. The van der Waals surface area contributed by atoms with Gasteiger partial charge in [0.1, 0.15) is 0 Å². The molecule has 0 atom stereocenters. The molecule has 1 heterocycles. The molecule has 138 valence electrons. The van der Waals surface area contributed by atoms with Gasteiger partial charge in [0, 0.05) is 16.8 Å². The van der Waals surface area contributed by atoms with Crippen molar-refractivity contribution in [3.05, 3.63) is 107 Å². The number of hydrogen-bond acceptors (Lipinski definition) is 2. The van der Waals surface area contributed by atoms with E-state index in [1.54, 1.807) is 0 Å². The third-order valence-electron chi connectivity index (χ3n) is 5.11. The Balaban J connectivity index is 1.71. The number of anilines is 1. The Morgan fingerprint density at radius 2 is 1.54 bits per heavy atom. The summed E-state index contributed by atoms with van der Waals surface area (Å²) in [5, 5.41) is 4.02. The van der Waals surface area contributed by atoms with E-state index in [9.17, 15) is 4.79 Å². The molecule has 28 heavy (non-hydrogen) atoms. The Morgan fingerprint density at radius 3 is 2.36 bits per heavy atom. The van der Waals surface area contributed by atoms with Crippen LogP contribution in [0.15, 0.2) is 78.9 Å². The number of aromatic nitrogens is 1. The number of fused-ring (bicyclic) bond motifs is 1. The molecule has 0 unspecified atom stereocenters. The second-order valence-corrected chi connectivity index (χ2v) is 6.99. The van der Waals surface area contributed by atoms with Crippen LogP contribution in [0.3, 0.4) is 0 Å². The molecule has 4 aromatic rings.